The molecule has 0 saturated carbocycles. The van der Waals surface area contributed by atoms with Gasteiger partial charge in [-0.2, -0.15) is 0 Å². The fourth-order valence-corrected chi connectivity index (χ4v) is 2.30. The lowest BCUT2D eigenvalue weighted by Gasteiger charge is -2.14. The summed E-state index contributed by atoms with van der Waals surface area (Å²) >= 11 is 0. The standard InChI is InChI=1S/C15H21FN2O2/c16-13-3-5-14(6-4-13)20-11-10-18-15(19)12-2-1-8-17-9-7-12/h3-6,12,17H,1-2,7-11H2,(H,18,19)/t12-/m1/s1. The van der Waals surface area contributed by atoms with E-state index >= 15 is 0 Å². The summed E-state index contributed by atoms with van der Waals surface area (Å²) in [5.74, 6) is 0.541. The van der Waals surface area contributed by atoms with Gasteiger partial charge in [0.1, 0.15) is 18.2 Å². The lowest BCUT2D eigenvalue weighted by atomic mass is 10.00. The van der Waals surface area contributed by atoms with Crippen molar-refractivity contribution in [3.05, 3.63) is 30.1 Å². The first-order chi connectivity index (χ1) is 9.75. The highest BCUT2D eigenvalue weighted by molar-refractivity contribution is 5.78. The average Bonchev–Trinajstić information content (AvgIpc) is 2.74. The third kappa shape index (κ3) is 4.81. The first-order valence-electron chi connectivity index (χ1n) is 7.12. The third-order valence-electron chi connectivity index (χ3n) is 3.43. The maximum absolute atomic E-state index is 12.7. The molecule has 0 aromatic heterocycles. The second kappa shape index (κ2) is 7.85. The molecular formula is C15H21FN2O2. The summed E-state index contributed by atoms with van der Waals surface area (Å²) in [4.78, 5) is 12.0. The summed E-state index contributed by atoms with van der Waals surface area (Å²) in [6.45, 7) is 2.77. The minimum Gasteiger partial charge on any atom is -0.492 e. The Balaban J connectivity index is 1.64. The average molecular weight is 280 g/mol. The Morgan fingerprint density at radius 1 is 1.30 bits per heavy atom. The predicted molar refractivity (Wildman–Crippen MR) is 75.1 cm³/mol. The quantitative estimate of drug-likeness (QED) is 0.807. The Morgan fingerprint density at radius 2 is 2.10 bits per heavy atom. The first-order valence-corrected chi connectivity index (χ1v) is 7.12. The van der Waals surface area contributed by atoms with E-state index < -0.39 is 0 Å². The number of nitrogens with one attached hydrogen (secondary N) is 2. The maximum Gasteiger partial charge on any atom is 0.223 e. The number of amides is 1. The van der Waals surface area contributed by atoms with E-state index in [2.05, 4.69) is 10.6 Å². The number of hydrogen-bond donors (Lipinski definition) is 2. The van der Waals surface area contributed by atoms with Gasteiger partial charge in [-0.05, 0) is 56.6 Å². The zero-order valence-electron chi connectivity index (χ0n) is 11.5. The van der Waals surface area contributed by atoms with E-state index in [1.54, 1.807) is 12.1 Å². The second-order valence-electron chi connectivity index (χ2n) is 4.97. The molecule has 20 heavy (non-hydrogen) atoms. The molecule has 110 valence electrons. The zero-order valence-corrected chi connectivity index (χ0v) is 11.5. The minimum atomic E-state index is -0.285. The Labute approximate surface area is 118 Å². The highest BCUT2D eigenvalue weighted by atomic mass is 19.1. The molecule has 1 amide bonds. The molecule has 4 nitrogen and oxygen atoms in total. The van der Waals surface area contributed by atoms with Gasteiger partial charge in [0.15, 0.2) is 0 Å². The highest BCUT2D eigenvalue weighted by Gasteiger charge is 2.19. The van der Waals surface area contributed by atoms with Crippen molar-refractivity contribution in [3.63, 3.8) is 0 Å². The summed E-state index contributed by atoms with van der Waals surface area (Å²) < 4.78 is 18.1. The van der Waals surface area contributed by atoms with E-state index in [4.69, 9.17) is 4.74 Å². The molecule has 1 aromatic carbocycles. The van der Waals surface area contributed by atoms with E-state index in [0.717, 1.165) is 32.4 Å². The summed E-state index contributed by atoms with van der Waals surface area (Å²) in [5, 5.41) is 6.19. The van der Waals surface area contributed by atoms with Crippen molar-refractivity contribution >= 4 is 5.91 Å². The van der Waals surface area contributed by atoms with E-state index in [-0.39, 0.29) is 17.6 Å². The number of benzene rings is 1. The molecule has 0 bridgehead atoms. The number of ether oxygens (including phenoxy) is 1. The van der Waals surface area contributed by atoms with Crippen LogP contribution in [-0.4, -0.2) is 32.1 Å². The van der Waals surface area contributed by atoms with Gasteiger partial charge >= 0.3 is 0 Å². The van der Waals surface area contributed by atoms with Crippen LogP contribution >= 0.6 is 0 Å². The fraction of sp³-hybridized carbons (Fsp3) is 0.533. The number of rotatable bonds is 5. The predicted octanol–water partition coefficient (Wildman–Crippen LogP) is 1.71. The Bertz CT molecular complexity index is 414. The molecule has 1 fully saturated rings. The van der Waals surface area contributed by atoms with Gasteiger partial charge in [-0.25, -0.2) is 4.39 Å². The van der Waals surface area contributed by atoms with Crippen LogP contribution in [0.1, 0.15) is 19.3 Å². The van der Waals surface area contributed by atoms with Gasteiger partial charge in [0.2, 0.25) is 5.91 Å². The monoisotopic (exact) mass is 280 g/mol. The molecule has 1 aromatic rings. The van der Waals surface area contributed by atoms with E-state index in [0.29, 0.717) is 18.9 Å². The SMILES string of the molecule is O=C(NCCOc1ccc(F)cc1)[C@@H]1CCCNCC1. The largest absolute Gasteiger partial charge is 0.492 e. The van der Waals surface area contributed by atoms with Crippen LogP contribution in [0.3, 0.4) is 0 Å². The van der Waals surface area contributed by atoms with E-state index in [1.165, 1.54) is 12.1 Å². The van der Waals surface area contributed by atoms with Crippen LogP contribution in [0.25, 0.3) is 0 Å². The topological polar surface area (TPSA) is 50.4 Å². The molecule has 1 atom stereocenters. The third-order valence-corrected chi connectivity index (χ3v) is 3.43. The van der Waals surface area contributed by atoms with Gasteiger partial charge in [0.25, 0.3) is 0 Å². The lowest BCUT2D eigenvalue weighted by molar-refractivity contribution is -0.125. The Kier molecular flexibility index (Phi) is 5.80. The van der Waals surface area contributed by atoms with Crippen LogP contribution in [0.4, 0.5) is 4.39 Å². The van der Waals surface area contributed by atoms with E-state index in [1.807, 2.05) is 0 Å². The Morgan fingerprint density at radius 3 is 2.90 bits per heavy atom. The molecule has 1 heterocycles. The number of carbonyl (C=O) groups is 1. The van der Waals surface area contributed by atoms with Crippen molar-refractivity contribution in [1.82, 2.24) is 10.6 Å². The van der Waals surface area contributed by atoms with Gasteiger partial charge < -0.3 is 15.4 Å². The number of hydrogen-bond acceptors (Lipinski definition) is 3. The zero-order chi connectivity index (χ0) is 14.2. The first kappa shape index (κ1) is 14.8. The molecule has 1 saturated heterocycles. The Hall–Kier alpha value is -1.62. The van der Waals surface area contributed by atoms with Crippen LogP contribution < -0.4 is 15.4 Å². The number of halogens is 1. The summed E-state index contributed by atoms with van der Waals surface area (Å²) in [6, 6.07) is 5.86. The molecule has 1 aliphatic heterocycles. The molecule has 5 heteroatoms. The van der Waals surface area contributed by atoms with Crippen LogP contribution in [0.5, 0.6) is 5.75 Å². The summed E-state index contributed by atoms with van der Waals surface area (Å²) in [6.07, 6.45) is 2.88. The van der Waals surface area contributed by atoms with Crippen LogP contribution in [0, 0.1) is 11.7 Å². The van der Waals surface area contributed by atoms with Gasteiger partial charge in [0, 0.05) is 5.92 Å². The van der Waals surface area contributed by atoms with Crippen molar-refractivity contribution in [2.24, 2.45) is 5.92 Å². The highest BCUT2D eigenvalue weighted by Crippen LogP contribution is 2.13. The van der Waals surface area contributed by atoms with Gasteiger partial charge in [-0.3, -0.25) is 4.79 Å². The smallest absolute Gasteiger partial charge is 0.223 e. The molecule has 2 rings (SSSR count). The summed E-state index contributed by atoms with van der Waals surface area (Å²) in [5.41, 5.74) is 0. The molecule has 0 unspecified atom stereocenters. The maximum atomic E-state index is 12.7. The van der Waals surface area contributed by atoms with Crippen LogP contribution in [0.15, 0.2) is 24.3 Å². The van der Waals surface area contributed by atoms with Crippen molar-refractivity contribution in [2.45, 2.75) is 19.3 Å². The lowest BCUT2D eigenvalue weighted by Crippen LogP contribution is -2.34. The molecule has 0 aliphatic carbocycles. The van der Waals surface area contributed by atoms with Gasteiger partial charge in [-0.1, -0.05) is 0 Å². The normalized spacial score (nSPS) is 19.1. The molecular weight excluding hydrogens is 259 g/mol. The fourth-order valence-electron chi connectivity index (χ4n) is 2.30. The summed E-state index contributed by atoms with van der Waals surface area (Å²) in [7, 11) is 0. The molecule has 2 N–H and O–H groups in total. The van der Waals surface area contributed by atoms with Crippen molar-refractivity contribution in [2.75, 3.05) is 26.2 Å². The number of carbonyl (C=O) groups excluding carboxylic acids is 1. The molecule has 0 spiro atoms. The molecule has 1 aliphatic rings. The van der Waals surface area contributed by atoms with Crippen LogP contribution in [0.2, 0.25) is 0 Å². The van der Waals surface area contributed by atoms with Crippen molar-refractivity contribution in [1.29, 1.82) is 0 Å². The van der Waals surface area contributed by atoms with Crippen molar-refractivity contribution < 1.29 is 13.9 Å². The van der Waals surface area contributed by atoms with Crippen molar-refractivity contribution in [3.8, 4) is 5.75 Å². The van der Waals surface area contributed by atoms with E-state index in [9.17, 15) is 9.18 Å². The van der Waals surface area contributed by atoms with Gasteiger partial charge in [-0.15, -0.1) is 0 Å². The van der Waals surface area contributed by atoms with Crippen LogP contribution in [-0.2, 0) is 4.79 Å². The minimum absolute atomic E-state index is 0.107. The van der Waals surface area contributed by atoms with Gasteiger partial charge in [0.05, 0.1) is 6.54 Å². The molecule has 0 radical (unpaired) electrons. The second-order valence-corrected chi connectivity index (χ2v) is 4.97.